The second-order valence-electron chi connectivity index (χ2n) is 3.98. The third-order valence-corrected chi connectivity index (χ3v) is 2.81. The predicted octanol–water partition coefficient (Wildman–Crippen LogP) is 1.81. The van der Waals surface area contributed by atoms with Crippen molar-refractivity contribution in [2.45, 2.75) is 32.7 Å². The van der Waals surface area contributed by atoms with E-state index in [9.17, 15) is 0 Å². The molecule has 4 heteroatoms. The minimum Gasteiger partial charge on any atom is -0.335 e. The highest BCUT2D eigenvalue weighted by Crippen LogP contribution is 2.05. The van der Waals surface area contributed by atoms with Crippen LogP contribution in [0.1, 0.15) is 24.9 Å². The van der Waals surface area contributed by atoms with E-state index in [-0.39, 0.29) is 0 Å². The van der Waals surface area contributed by atoms with Crippen molar-refractivity contribution in [1.82, 2.24) is 19.3 Å². The van der Waals surface area contributed by atoms with Crippen molar-refractivity contribution in [3.63, 3.8) is 0 Å². The highest BCUT2D eigenvalue weighted by Gasteiger charge is 2.03. The molecule has 0 aliphatic heterocycles. The van der Waals surface area contributed by atoms with Crippen molar-refractivity contribution >= 4 is 0 Å². The van der Waals surface area contributed by atoms with E-state index < -0.39 is 0 Å². The molecule has 16 heavy (non-hydrogen) atoms. The maximum absolute atomic E-state index is 4.37. The molecule has 0 bridgehead atoms. The molecule has 2 rings (SSSR count). The second-order valence-corrected chi connectivity index (χ2v) is 3.98. The van der Waals surface area contributed by atoms with Crippen molar-refractivity contribution in [3.8, 4) is 0 Å². The number of aromatic nitrogens is 4. The van der Waals surface area contributed by atoms with Gasteiger partial charge in [-0.25, -0.2) is 4.98 Å². The van der Waals surface area contributed by atoms with Crippen LogP contribution in [0.3, 0.4) is 0 Å². The van der Waals surface area contributed by atoms with E-state index in [1.54, 1.807) is 0 Å². The number of hydrogen-bond donors (Lipinski definition) is 0. The Labute approximate surface area is 95.9 Å². The molecule has 0 aliphatic carbocycles. The van der Waals surface area contributed by atoms with Crippen LogP contribution >= 0.6 is 0 Å². The standard InChI is InChI=1S/C12H18N4/c1-3-4-12-13-8-10-16(12)9-6-11-5-7-14-15(11)2/h5,7-8,10H,3-4,6,9H2,1-2H3. The lowest BCUT2D eigenvalue weighted by Crippen LogP contribution is -2.07. The van der Waals surface area contributed by atoms with E-state index in [2.05, 4.69) is 33.8 Å². The summed E-state index contributed by atoms with van der Waals surface area (Å²) >= 11 is 0. The van der Waals surface area contributed by atoms with Gasteiger partial charge < -0.3 is 4.57 Å². The SMILES string of the molecule is CCCc1nccn1CCc1ccnn1C. The molecule has 0 fully saturated rings. The van der Waals surface area contributed by atoms with Gasteiger partial charge in [0.1, 0.15) is 5.82 Å². The fraction of sp³-hybridized carbons (Fsp3) is 0.500. The first kappa shape index (κ1) is 10.9. The minimum absolute atomic E-state index is 0.981. The summed E-state index contributed by atoms with van der Waals surface area (Å²) < 4.78 is 4.16. The van der Waals surface area contributed by atoms with Gasteiger partial charge in [0, 0.05) is 50.7 Å². The summed E-state index contributed by atoms with van der Waals surface area (Å²) in [5.41, 5.74) is 1.26. The monoisotopic (exact) mass is 218 g/mol. The normalized spacial score (nSPS) is 10.9. The maximum Gasteiger partial charge on any atom is 0.108 e. The van der Waals surface area contributed by atoms with Crippen LogP contribution in [0.25, 0.3) is 0 Å². The van der Waals surface area contributed by atoms with Gasteiger partial charge in [0.25, 0.3) is 0 Å². The molecule has 0 saturated carbocycles. The smallest absolute Gasteiger partial charge is 0.108 e. The van der Waals surface area contributed by atoms with Crippen molar-refractivity contribution < 1.29 is 0 Å². The quantitative estimate of drug-likeness (QED) is 0.767. The fourth-order valence-corrected chi connectivity index (χ4v) is 1.88. The molecule has 0 saturated heterocycles. The van der Waals surface area contributed by atoms with Crippen molar-refractivity contribution in [3.05, 3.63) is 36.2 Å². The van der Waals surface area contributed by atoms with Crippen LogP contribution in [0.4, 0.5) is 0 Å². The number of nitrogens with zero attached hydrogens (tertiary/aromatic N) is 4. The molecular formula is C12H18N4. The summed E-state index contributed by atoms with van der Waals surface area (Å²) in [6, 6.07) is 2.07. The molecule has 0 spiro atoms. The topological polar surface area (TPSA) is 35.6 Å². The lowest BCUT2D eigenvalue weighted by molar-refractivity contribution is 0.609. The number of rotatable bonds is 5. The molecule has 2 heterocycles. The average Bonchev–Trinajstić information content (AvgIpc) is 2.86. The molecule has 4 nitrogen and oxygen atoms in total. The molecule has 0 N–H and O–H groups in total. The van der Waals surface area contributed by atoms with Gasteiger partial charge in [0.05, 0.1) is 0 Å². The molecule has 2 aromatic rings. The lowest BCUT2D eigenvalue weighted by atomic mass is 10.3. The van der Waals surface area contributed by atoms with Crippen LogP contribution in [0.2, 0.25) is 0 Å². The van der Waals surface area contributed by atoms with Crippen LogP contribution in [-0.2, 0) is 26.4 Å². The summed E-state index contributed by atoms with van der Waals surface area (Å²) in [6.07, 6.45) is 8.98. The zero-order chi connectivity index (χ0) is 11.4. The molecule has 86 valence electrons. The molecule has 0 unspecified atom stereocenters. The third-order valence-electron chi connectivity index (χ3n) is 2.81. The summed E-state index contributed by atoms with van der Waals surface area (Å²) in [4.78, 5) is 4.37. The largest absolute Gasteiger partial charge is 0.335 e. The van der Waals surface area contributed by atoms with E-state index >= 15 is 0 Å². The van der Waals surface area contributed by atoms with E-state index in [1.165, 1.54) is 11.5 Å². The van der Waals surface area contributed by atoms with Crippen LogP contribution in [-0.4, -0.2) is 19.3 Å². The third kappa shape index (κ3) is 2.32. The first-order valence-electron chi connectivity index (χ1n) is 5.78. The van der Waals surface area contributed by atoms with E-state index in [1.807, 2.05) is 24.1 Å². The Morgan fingerprint density at radius 3 is 2.81 bits per heavy atom. The molecule has 0 atom stereocenters. The summed E-state index contributed by atoms with van der Waals surface area (Å²) in [6.45, 7) is 3.16. The Balaban J connectivity index is 1.99. The van der Waals surface area contributed by atoms with Gasteiger partial charge in [-0.05, 0) is 12.5 Å². The molecule has 0 radical (unpaired) electrons. The van der Waals surface area contributed by atoms with Gasteiger partial charge in [-0.15, -0.1) is 0 Å². The molecule has 0 aromatic carbocycles. The van der Waals surface area contributed by atoms with Crippen molar-refractivity contribution in [1.29, 1.82) is 0 Å². The summed E-state index contributed by atoms with van der Waals surface area (Å²) in [5.74, 6) is 1.18. The Kier molecular flexibility index (Phi) is 3.39. The highest BCUT2D eigenvalue weighted by molar-refractivity contribution is 5.01. The fourth-order valence-electron chi connectivity index (χ4n) is 1.88. The first-order chi connectivity index (χ1) is 7.81. The van der Waals surface area contributed by atoms with E-state index in [0.717, 1.165) is 25.8 Å². The molecular weight excluding hydrogens is 200 g/mol. The Morgan fingerprint density at radius 1 is 1.25 bits per heavy atom. The van der Waals surface area contributed by atoms with Gasteiger partial charge >= 0.3 is 0 Å². The number of hydrogen-bond acceptors (Lipinski definition) is 2. The van der Waals surface area contributed by atoms with Gasteiger partial charge in [-0.3, -0.25) is 4.68 Å². The van der Waals surface area contributed by atoms with E-state index in [4.69, 9.17) is 0 Å². The Bertz CT molecular complexity index is 441. The van der Waals surface area contributed by atoms with Gasteiger partial charge in [-0.2, -0.15) is 5.10 Å². The summed E-state index contributed by atoms with van der Waals surface area (Å²) in [5, 5.41) is 4.17. The predicted molar refractivity (Wildman–Crippen MR) is 63.1 cm³/mol. The van der Waals surface area contributed by atoms with Gasteiger partial charge in [0.15, 0.2) is 0 Å². The first-order valence-corrected chi connectivity index (χ1v) is 5.78. The molecule has 2 aromatic heterocycles. The molecule has 0 aliphatic rings. The van der Waals surface area contributed by atoms with E-state index in [0.29, 0.717) is 0 Å². The summed E-state index contributed by atoms with van der Waals surface area (Å²) in [7, 11) is 1.98. The minimum atomic E-state index is 0.981. The molecule has 0 amide bonds. The van der Waals surface area contributed by atoms with Gasteiger partial charge in [-0.1, -0.05) is 6.92 Å². The Morgan fingerprint density at radius 2 is 2.12 bits per heavy atom. The van der Waals surface area contributed by atoms with Crippen molar-refractivity contribution in [2.24, 2.45) is 7.05 Å². The Hall–Kier alpha value is -1.58. The van der Waals surface area contributed by atoms with Crippen LogP contribution in [0.5, 0.6) is 0 Å². The lowest BCUT2D eigenvalue weighted by Gasteiger charge is -2.07. The van der Waals surface area contributed by atoms with Crippen LogP contribution in [0, 0.1) is 0 Å². The zero-order valence-corrected chi connectivity index (χ0v) is 9.93. The average molecular weight is 218 g/mol. The second kappa shape index (κ2) is 4.96. The number of aryl methyl sites for hydroxylation is 4. The van der Waals surface area contributed by atoms with Gasteiger partial charge in [0.2, 0.25) is 0 Å². The highest BCUT2D eigenvalue weighted by atomic mass is 15.3. The maximum atomic E-state index is 4.37. The van der Waals surface area contributed by atoms with Crippen LogP contribution < -0.4 is 0 Å². The van der Waals surface area contributed by atoms with Crippen LogP contribution in [0.15, 0.2) is 24.7 Å². The number of imidazole rings is 1. The zero-order valence-electron chi connectivity index (χ0n) is 9.93. The van der Waals surface area contributed by atoms with Crippen molar-refractivity contribution in [2.75, 3.05) is 0 Å².